The fraction of sp³-hybridized carbons (Fsp3) is 0.867. The monoisotopic (exact) mass is 316 g/mol. The van der Waals surface area contributed by atoms with Gasteiger partial charge < -0.3 is 14.5 Å². The average Bonchev–Trinajstić information content (AvgIpc) is 2.73. The van der Waals surface area contributed by atoms with Crippen molar-refractivity contribution in [3.8, 4) is 0 Å². The van der Waals surface area contributed by atoms with Crippen LogP contribution in [-0.4, -0.2) is 59.3 Å². The van der Waals surface area contributed by atoms with Gasteiger partial charge in [0.2, 0.25) is 5.91 Å². The lowest BCUT2D eigenvalue weighted by molar-refractivity contribution is -0.127. The van der Waals surface area contributed by atoms with E-state index in [4.69, 9.17) is 4.74 Å². The summed E-state index contributed by atoms with van der Waals surface area (Å²) in [6.07, 6.45) is 1.14. The molecule has 1 saturated heterocycles. The molecule has 122 valence electrons. The minimum Gasteiger partial charge on any atom is -0.444 e. The summed E-state index contributed by atoms with van der Waals surface area (Å²) in [5, 5.41) is 0. The first-order valence-electron chi connectivity index (χ1n) is 7.63. The number of ether oxygens (including phenoxy) is 1. The fourth-order valence-electron chi connectivity index (χ4n) is 2.32. The molecule has 1 aliphatic heterocycles. The molecule has 6 heteroatoms. The van der Waals surface area contributed by atoms with Crippen LogP contribution in [0.4, 0.5) is 4.79 Å². The first-order valence-corrected chi connectivity index (χ1v) is 8.26. The van der Waals surface area contributed by atoms with Gasteiger partial charge in [-0.25, -0.2) is 4.79 Å². The Labute approximate surface area is 133 Å². The smallest absolute Gasteiger partial charge is 0.410 e. The van der Waals surface area contributed by atoms with E-state index in [0.29, 0.717) is 32.0 Å². The van der Waals surface area contributed by atoms with E-state index in [1.54, 1.807) is 4.90 Å². The molecule has 1 heterocycles. The molecule has 0 bridgehead atoms. The third-order valence-electron chi connectivity index (χ3n) is 3.34. The Morgan fingerprint density at radius 2 is 2.10 bits per heavy atom. The highest BCUT2D eigenvalue weighted by Crippen LogP contribution is 2.18. The summed E-state index contributed by atoms with van der Waals surface area (Å²) in [5.74, 6) is 1.23. The Hall–Kier alpha value is -0.910. The van der Waals surface area contributed by atoms with Crippen molar-refractivity contribution < 1.29 is 14.3 Å². The van der Waals surface area contributed by atoms with Crippen LogP contribution in [0.2, 0.25) is 0 Å². The van der Waals surface area contributed by atoms with Crippen molar-refractivity contribution in [2.24, 2.45) is 5.92 Å². The number of rotatable bonds is 6. The zero-order valence-electron chi connectivity index (χ0n) is 13.6. The molecule has 1 unspecified atom stereocenters. The zero-order chi connectivity index (χ0) is 16.0. The van der Waals surface area contributed by atoms with Gasteiger partial charge in [-0.05, 0) is 38.9 Å². The van der Waals surface area contributed by atoms with E-state index in [2.05, 4.69) is 12.6 Å². The summed E-state index contributed by atoms with van der Waals surface area (Å²) in [4.78, 5) is 27.5. The normalized spacial score (nSPS) is 19.0. The second kappa shape index (κ2) is 7.92. The lowest BCUT2D eigenvalue weighted by atomic mass is 10.1. The lowest BCUT2D eigenvalue weighted by Gasteiger charge is -2.28. The van der Waals surface area contributed by atoms with Crippen LogP contribution in [0.25, 0.3) is 0 Å². The molecule has 1 rings (SSSR count). The quantitative estimate of drug-likeness (QED) is 0.766. The molecular formula is C15H28N2O3S. The summed E-state index contributed by atoms with van der Waals surface area (Å²) in [6, 6.07) is 0. The van der Waals surface area contributed by atoms with Crippen LogP contribution in [0.3, 0.4) is 0 Å². The summed E-state index contributed by atoms with van der Waals surface area (Å²) < 4.78 is 5.41. The maximum absolute atomic E-state index is 12.1. The Morgan fingerprint density at radius 3 is 2.57 bits per heavy atom. The molecule has 1 atom stereocenters. The van der Waals surface area contributed by atoms with Crippen LogP contribution in [0.5, 0.6) is 0 Å². The molecule has 0 saturated carbocycles. The second-order valence-corrected chi connectivity index (χ2v) is 6.93. The van der Waals surface area contributed by atoms with Gasteiger partial charge in [0.25, 0.3) is 0 Å². The molecule has 0 aromatic carbocycles. The maximum atomic E-state index is 12.1. The van der Waals surface area contributed by atoms with Crippen LogP contribution < -0.4 is 0 Å². The Kier molecular flexibility index (Phi) is 6.84. The maximum Gasteiger partial charge on any atom is 0.410 e. The molecule has 5 nitrogen and oxygen atoms in total. The van der Waals surface area contributed by atoms with Gasteiger partial charge in [-0.15, -0.1) is 0 Å². The molecule has 0 aliphatic carbocycles. The van der Waals surface area contributed by atoms with E-state index in [1.807, 2.05) is 32.6 Å². The number of amides is 2. The number of carbonyl (C=O) groups is 2. The first-order chi connectivity index (χ1) is 9.76. The van der Waals surface area contributed by atoms with Crippen molar-refractivity contribution in [1.29, 1.82) is 0 Å². The van der Waals surface area contributed by atoms with E-state index in [9.17, 15) is 9.59 Å². The van der Waals surface area contributed by atoms with E-state index in [-0.39, 0.29) is 12.0 Å². The average molecular weight is 316 g/mol. The lowest BCUT2D eigenvalue weighted by Crippen LogP contribution is -2.42. The predicted octanol–water partition coefficient (Wildman–Crippen LogP) is 2.41. The van der Waals surface area contributed by atoms with Crippen LogP contribution in [0.15, 0.2) is 0 Å². The van der Waals surface area contributed by atoms with Gasteiger partial charge in [0.05, 0.1) is 0 Å². The van der Waals surface area contributed by atoms with Gasteiger partial charge >= 0.3 is 6.09 Å². The van der Waals surface area contributed by atoms with Crippen molar-refractivity contribution in [3.05, 3.63) is 0 Å². The molecule has 0 aromatic rings. The van der Waals surface area contributed by atoms with Crippen molar-refractivity contribution >= 4 is 24.6 Å². The highest BCUT2D eigenvalue weighted by Gasteiger charge is 2.29. The van der Waals surface area contributed by atoms with Gasteiger partial charge in [0.15, 0.2) is 0 Å². The van der Waals surface area contributed by atoms with E-state index < -0.39 is 5.60 Å². The fourth-order valence-corrected chi connectivity index (χ4v) is 2.57. The molecule has 1 aliphatic rings. The molecule has 1 fully saturated rings. The van der Waals surface area contributed by atoms with Crippen molar-refractivity contribution in [2.75, 3.05) is 31.9 Å². The minimum atomic E-state index is -0.496. The SMILES string of the molecule is CCCN(CCN1CC(CS)CC1=O)C(=O)OC(C)(C)C. The second-order valence-electron chi connectivity index (χ2n) is 6.56. The van der Waals surface area contributed by atoms with Crippen molar-refractivity contribution in [3.63, 3.8) is 0 Å². The topological polar surface area (TPSA) is 49.9 Å². The van der Waals surface area contributed by atoms with E-state index in [0.717, 1.165) is 18.7 Å². The predicted molar refractivity (Wildman–Crippen MR) is 86.6 cm³/mol. The molecule has 0 N–H and O–H groups in total. The number of carbonyl (C=O) groups excluding carboxylic acids is 2. The van der Waals surface area contributed by atoms with Gasteiger partial charge in [-0.1, -0.05) is 6.92 Å². The minimum absolute atomic E-state index is 0.162. The number of likely N-dealkylation sites (tertiary alicyclic amines) is 1. The molecule has 0 aromatic heterocycles. The van der Waals surface area contributed by atoms with Gasteiger partial charge in [0, 0.05) is 32.6 Å². The number of hydrogen-bond acceptors (Lipinski definition) is 4. The van der Waals surface area contributed by atoms with Crippen LogP contribution >= 0.6 is 12.6 Å². The third kappa shape index (κ3) is 6.16. The number of thiol groups is 1. The standard InChI is InChI=1S/C15H28N2O3S/c1-5-6-16(14(19)20-15(2,3)4)7-8-17-10-12(11-21)9-13(17)18/h12,21H,5-11H2,1-4H3. The third-order valence-corrected chi connectivity index (χ3v) is 3.85. The highest BCUT2D eigenvalue weighted by atomic mass is 32.1. The van der Waals surface area contributed by atoms with Gasteiger partial charge in [0.1, 0.15) is 5.60 Å². The molecular weight excluding hydrogens is 288 g/mol. The molecule has 0 radical (unpaired) electrons. The summed E-state index contributed by atoms with van der Waals surface area (Å²) in [6.45, 7) is 10.1. The van der Waals surface area contributed by atoms with Gasteiger partial charge in [-0.2, -0.15) is 12.6 Å². The van der Waals surface area contributed by atoms with Crippen LogP contribution in [0.1, 0.15) is 40.5 Å². The molecule has 21 heavy (non-hydrogen) atoms. The Morgan fingerprint density at radius 1 is 1.43 bits per heavy atom. The number of nitrogens with zero attached hydrogens (tertiary/aromatic N) is 2. The van der Waals surface area contributed by atoms with Crippen LogP contribution in [-0.2, 0) is 9.53 Å². The summed E-state index contributed by atoms with van der Waals surface area (Å²) >= 11 is 4.26. The van der Waals surface area contributed by atoms with E-state index in [1.165, 1.54) is 0 Å². The Balaban J connectivity index is 2.51. The molecule has 0 spiro atoms. The zero-order valence-corrected chi connectivity index (χ0v) is 14.5. The highest BCUT2D eigenvalue weighted by molar-refractivity contribution is 7.80. The largest absolute Gasteiger partial charge is 0.444 e. The van der Waals surface area contributed by atoms with Crippen molar-refractivity contribution in [1.82, 2.24) is 9.80 Å². The van der Waals surface area contributed by atoms with Crippen molar-refractivity contribution in [2.45, 2.75) is 46.1 Å². The molecule has 2 amide bonds. The van der Waals surface area contributed by atoms with E-state index >= 15 is 0 Å². The summed E-state index contributed by atoms with van der Waals surface area (Å²) in [5.41, 5.74) is -0.496. The van der Waals surface area contributed by atoms with Crippen LogP contribution in [0, 0.1) is 5.92 Å². The summed E-state index contributed by atoms with van der Waals surface area (Å²) in [7, 11) is 0. The van der Waals surface area contributed by atoms with Gasteiger partial charge in [-0.3, -0.25) is 4.79 Å². The number of hydrogen-bond donors (Lipinski definition) is 1. The first kappa shape index (κ1) is 18.1. The Bertz CT molecular complexity index is 368.